The van der Waals surface area contributed by atoms with Gasteiger partial charge in [-0.1, -0.05) is 19.1 Å². The lowest BCUT2D eigenvalue weighted by molar-refractivity contribution is 0.0362. The smallest absolute Gasteiger partial charge is 0.190 e. The molecule has 0 aliphatic carbocycles. The molecule has 4 nitrogen and oxygen atoms in total. The summed E-state index contributed by atoms with van der Waals surface area (Å²) in [6, 6.07) is 8.55. The highest BCUT2D eigenvalue weighted by Crippen LogP contribution is 2.13. The molecular formula is C18H25N3OS. The van der Waals surface area contributed by atoms with E-state index in [1.165, 1.54) is 11.3 Å². The summed E-state index contributed by atoms with van der Waals surface area (Å²) < 4.78 is 7.74. The van der Waals surface area contributed by atoms with Crippen LogP contribution in [0.5, 0.6) is 0 Å². The van der Waals surface area contributed by atoms with Crippen LogP contribution in [0, 0.1) is 6.92 Å². The van der Waals surface area contributed by atoms with Crippen molar-refractivity contribution in [2.75, 3.05) is 32.8 Å². The van der Waals surface area contributed by atoms with E-state index < -0.39 is 0 Å². The molecule has 0 spiro atoms. The van der Waals surface area contributed by atoms with Crippen LogP contribution in [-0.4, -0.2) is 42.3 Å². The average Bonchev–Trinajstić information content (AvgIpc) is 2.94. The number of nitrogens with zero attached hydrogens (tertiary/aromatic N) is 3. The van der Waals surface area contributed by atoms with Crippen molar-refractivity contribution in [1.82, 2.24) is 9.47 Å². The molecule has 124 valence electrons. The van der Waals surface area contributed by atoms with Crippen LogP contribution in [0.1, 0.15) is 18.2 Å². The first-order chi connectivity index (χ1) is 11.3. The second kappa shape index (κ2) is 7.90. The Hall–Kier alpha value is -1.43. The maximum absolute atomic E-state index is 5.42. The van der Waals surface area contributed by atoms with E-state index >= 15 is 0 Å². The summed E-state index contributed by atoms with van der Waals surface area (Å²) in [5.74, 6) is 0. The fraction of sp³-hybridized carbons (Fsp3) is 0.500. The standard InChI is InChI=1S/C18H25N3OS/c1-3-16-4-6-17(7-5-16)19-18-21(15(2)14-23-18)9-8-20-10-12-22-13-11-20/h4-7,14H,3,8-13H2,1-2H3. The molecule has 0 radical (unpaired) electrons. The highest BCUT2D eigenvalue weighted by atomic mass is 32.1. The van der Waals surface area contributed by atoms with E-state index in [2.05, 4.69) is 53.0 Å². The average molecular weight is 331 g/mol. The Morgan fingerprint density at radius 2 is 1.87 bits per heavy atom. The van der Waals surface area contributed by atoms with E-state index in [0.717, 1.165) is 56.3 Å². The van der Waals surface area contributed by atoms with Gasteiger partial charge < -0.3 is 9.30 Å². The molecular weight excluding hydrogens is 306 g/mol. The highest BCUT2D eigenvalue weighted by molar-refractivity contribution is 7.07. The molecule has 1 aliphatic rings. The van der Waals surface area contributed by atoms with E-state index in [-0.39, 0.29) is 0 Å². The number of thiazole rings is 1. The SMILES string of the molecule is CCc1ccc(N=c2scc(C)n2CCN2CCOCC2)cc1. The van der Waals surface area contributed by atoms with Crippen molar-refractivity contribution in [3.8, 4) is 0 Å². The van der Waals surface area contributed by atoms with Gasteiger partial charge in [0.25, 0.3) is 0 Å². The number of hydrogen-bond donors (Lipinski definition) is 0. The quantitative estimate of drug-likeness (QED) is 0.843. The van der Waals surface area contributed by atoms with E-state index in [9.17, 15) is 0 Å². The second-order valence-electron chi connectivity index (χ2n) is 5.90. The lowest BCUT2D eigenvalue weighted by Gasteiger charge is -2.26. The van der Waals surface area contributed by atoms with E-state index in [1.54, 1.807) is 11.3 Å². The van der Waals surface area contributed by atoms with Crippen molar-refractivity contribution in [2.45, 2.75) is 26.8 Å². The van der Waals surface area contributed by atoms with Crippen LogP contribution in [0.15, 0.2) is 34.6 Å². The van der Waals surface area contributed by atoms with Crippen molar-refractivity contribution >= 4 is 17.0 Å². The monoisotopic (exact) mass is 331 g/mol. The minimum Gasteiger partial charge on any atom is -0.379 e. The van der Waals surface area contributed by atoms with Crippen molar-refractivity contribution in [1.29, 1.82) is 0 Å². The summed E-state index contributed by atoms with van der Waals surface area (Å²) in [4.78, 5) is 8.39. The number of rotatable bonds is 5. The fourth-order valence-corrected chi connectivity index (χ4v) is 3.68. The van der Waals surface area contributed by atoms with Gasteiger partial charge in [0, 0.05) is 37.3 Å². The van der Waals surface area contributed by atoms with Crippen molar-refractivity contribution < 1.29 is 4.74 Å². The number of aromatic nitrogens is 1. The maximum atomic E-state index is 5.42. The molecule has 0 unspecified atom stereocenters. The molecule has 23 heavy (non-hydrogen) atoms. The zero-order valence-corrected chi connectivity index (χ0v) is 14.8. The zero-order chi connectivity index (χ0) is 16.1. The van der Waals surface area contributed by atoms with Gasteiger partial charge in [-0.25, -0.2) is 4.99 Å². The predicted molar refractivity (Wildman–Crippen MR) is 95.3 cm³/mol. The highest BCUT2D eigenvalue weighted by Gasteiger charge is 2.11. The normalized spacial score (nSPS) is 16.9. The molecule has 0 amide bonds. The molecule has 0 atom stereocenters. The summed E-state index contributed by atoms with van der Waals surface area (Å²) >= 11 is 1.72. The first kappa shape index (κ1) is 16.4. The maximum Gasteiger partial charge on any atom is 0.190 e. The Morgan fingerprint density at radius 3 is 2.57 bits per heavy atom. The number of morpholine rings is 1. The largest absolute Gasteiger partial charge is 0.379 e. The molecule has 2 heterocycles. The molecule has 1 aromatic carbocycles. The van der Waals surface area contributed by atoms with Gasteiger partial charge in [-0.2, -0.15) is 0 Å². The first-order valence-electron chi connectivity index (χ1n) is 8.35. The molecule has 2 aromatic rings. The molecule has 1 fully saturated rings. The van der Waals surface area contributed by atoms with Gasteiger partial charge >= 0.3 is 0 Å². The molecule has 1 aliphatic heterocycles. The molecule has 3 rings (SSSR count). The molecule has 1 saturated heterocycles. The predicted octanol–water partition coefficient (Wildman–Crippen LogP) is 2.99. The lowest BCUT2D eigenvalue weighted by atomic mass is 10.2. The third-order valence-electron chi connectivity index (χ3n) is 4.30. The molecule has 0 N–H and O–H groups in total. The van der Waals surface area contributed by atoms with E-state index in [0.29, 0.717) is 0 Å². The van der Waals surface area contributed by atoms with E-state index in [4.69, 9.17) is 9.73 Å². The van der Waals surface area contributed by atoms with Gasteiger partial charge in [0.15, 0.2) is 4.80 Å². The van der Waals surface area contributed by atoms with Crippen LogP contribution in [0.3, 0.4) is 0 Å². The van der Waals surface area contributed by atoms with Gasteiger partial charge in [-0.05, 0) is 31.0 Å². The van der Waals surface area contributed by atoms with Gasteiger partial charge in [-0.3, -0.25) is 4.90 Å². The van der Waals surface area contributed by atoms with Crippen LogP contribution in [0.2, 0.25) is 0 Å². The minimum atomic E-state index is 0.855. The van der Waals surface area contributed by atoms with Crippen LogP contribution >= 0.6 is 11.3 Å². The summed E-state index contributed by atoms with van der Waals surface area (Å²) in [6.45, 7) is 10.2. The van der Waals surface area contributed by atoms with Gasteiger partial charge in [0.1, 0.15) is 0 Å². The fourth-order valence-electron chi connectivity index (χ4n) is 2.76. The molecule has 0 bridgehead atoms. The van der Waals surface area contributed by atoms with Gasteiger partial charge in [-0.15, -0.1) is 11.3 Å². The number of aryl methyl sites for hydroxylation is 2. The van der Waals surface area contributed by atoms with Crippen LogP contribution in [0.4, 0.5) is 5.69 Å². The third kappa shape index (κ3) is 4.31. The van der Waals surface area contributed by atoms with Gasteiger partial charge in [0.05, 0.1) is 18.9 Å². The number of ether oxygens (including phenoxy) is 1. The van der Waals surface area contributed by atoms with Crippen LogP contribution < -0.4 is 4.80 Å². The Labute approximate surface area is 142 Å². The van der Waals surface area contributed by atoms with Crippen LogP contribution in [0.25, 0.3) is 0 Å². The Bertz CT molecular complexity index is 681. The number of benzene rings is 1. The van der Waals surface area contributed by atoms with Gasteiger partial charge in [0.2, 0.25) is 0 Å². The summed E-state index contributed by atoms with van der Waals surface area (Å²) in [7, 11) is 0. The molecule has 1 aromatic heterocycles. The van der Waals surface area contributed by atoms with Crippen molar-refractivity contribution in [3.05, 3.63) is 45.7 Å². The number of hydrogen-bond acceptors (Lipinski definition) is 4. The summed E-state index contributed by atoms with van der Waals surface area (Å²) in [5.41, 5.74) is 3.67. The first-order valence-corrected chi connectivity index (χ1v) is 9.23. The zero-order valence-electron chi connectivity index (χ0n) is 14.0. The van der Waals surface area contributed by atoms with E-state index in [1.807, 2.05) is 0 Å². The molecule has 5 heteroatoms. The topological polar surface area (TPSA) is 29.8 Å². The van der Waals surface area contributed by atoms with Crippen molar-refractivity contribution in [2.24, 2.45) is 4.99 Å². The minimum absolute atomic E-state index is 0.855. The Morgan fingerprint density at radius 1 is 1.13 bits per heavy atom. The Kier molecular flexibility index (Phi) is 5.65. The molecule has 0 saturated carbocycles. The Balaban J connectivity index is 1.75. The second-order valence-corrected chi connectivity index (χ2v) is 6.73. The third-order valence-corrected chi connectivity index (χ3v) is 5.29. The summed E-state index contributed by atoms with van der Waals surface area (Å²) in [5, 5.41) is 2.19. The van der Waals surface area contributed by atoms with Crippen molar-refractivity contribution in [3.63, 3.8) is 0 Å². The lowest BCUT2D eigenvalue weighted by Crippen LogP contribution is -2.39. The van der Waals surface area contributed by atoms with Crippen LogP contribution in [-0.2, 0) is 17.7 Å². The summed E-state index contributed by atoms with van der Waals surface area (Å²) in [6.07, 6.45) is 1.07.